The first-order chi connectivity index (χ1) is 9.65. The summed E-state index contributed by atoms with van der Waals surface area (Å²) >= 11 is 0. The van der Waals surface area contributed by atoms with E-state index >= 15 is 0 Å². The van der Waals surface area contributed by atoms with Crippen molar-refractivity contribution < 1.29 is 38.7 Å². The summed E-state index contributed by atoms with van der Waals surface area (Å²) in [6, 6.07) is -2.06. The van der Waals surface area contributed by atoms with Crippen molar-refractivity contribution in [1.82, 2.24) is 0 Å². The van der Waals surface area contributed by atoms with Crippen LogP contribution in [0.25, 0.3) is 0 Å². The Hall–Kier alpha value is -0.760. The summed E-state index contributed by atoms with van der Waals surface area (Å²) in [5.74, 6) is -2.28. The summed E-state index contributed by atoms with van der Waals surface area (Å²) in [5, 5.41) is 16.6. The van der Waals surface area contributed by atoms with Gasteiger partial charge in [-0.25, -0.2) is 0 Å². The fourth-order valence-electron chi connectivity index (χ4n) is 1.00. The van der Waals surface area contributed by atoms with Crippen LogP contribution in [0.4, 0.5) is 0 Å². The van der Waals surface area contributed by atoms with Crippen LogP contribution < -0.4 is 11.5 Å². The third-order valence-corrected chi connectivity index (χ3v) is 4.52. The van der Waals surface area contributed by atoms with Gasteiger partial charge >= 0.3 is 11.9 Å². The highest BCUT2D eigenvalue weighted by Gasteiger charge is 2.17. The quantitative estimate of drug-likeness (QED) is 0.302. The molecule has 0 aliphatic carbocycles. The Labute approximate surface area is 128 Å². The van der Waals surface area contributed by atoms with Gasteiger partial charge in [0.2, 0.25) is 0 Å². The Morgan fingerprint density at radius 1 is 0.864 bits per heavy atom. The molecule has 4 atom stereocenters. The molecule has 0 heterocycles. The van der Waals surface area contributed by atoms with Gasteiger partial charge in [0, 0.05) is 25.7 Å². The van der Waals surface area contributed by atoms with Crippen LogP contribution in [0.5, 0.6) is 0 Å². The van der Waals surface area contributed by atoms with Gasteiger partial charge < -0.3 is 31.5 Å². The van der Waals surface area contributed by atoms with Crippen molar-refractivity contribution in [3.8, 4) is 0 Å². The predicted molar refractivity (Wildman–Crippen MR) is 81.7 cm³/mol. The minimum atomic E-state index is -3.10. The first kappa shape index (κ1) is 23.5. The van der Waals surface area contributed by atoms with E-state index < -0.39 is 38.8 Å². The topological polar surface area (TPSA) is 201 Å². The maximum atomic E-state index is 10.6. The monoisotopic (exact) mass is 362 g/mol. The molecule has 0 fully saturated rings. The minimum Gasteiger partial charge on any atom is -0.480 e. The van der Waals surface area contributed by atoms with E-state index in [4.69, 9.17) is 31.5 Å². The average Bonchev–Trinajstić information content (AvgIpc) is 2.31. The average molecular weight is 362 g/mol. The number of hydrogen-bond donors (Lipinski definition) is 6. The van der Waals surface area contributed by atoms with Gasteiger partial charge in [-0.15, -0.1) is 0 Å². The Morgan fingerprint density at radius 2 is 1.09 bits per heavy atom. The fraction of sp³-hybridized carbons (Fsp3) is 0.800. The van der Waals surface area contributed by atoms with E-state index in [1.165, 1.54) is 13.3 Å². The second-order valence-corrected chi connectivity index (χ2v) is 10.1. The van der Waals surface area contributed by atoms with Gasteiger partial charge in [-0.05, 0) is 12.8 Å². The van der Waals surface area contributed by atoms with Crippen LogP contribution in [-0.4, -0.2) is 69.7 Å². The molecule has 10 nitrogen and oxygen atoms in total. The Morgan fingerprint density at radius 3 is 1.23 bits per heavy atom. The highest BCUT2D eigenvalue weighted by atomic mass is 31.2. The normalized spacial score (nSPS) is 18.8. The van der Waals surface area contributed by atoms with E-state index in [0.717, 1.165) is 0 Å². The van der Waals surface area contributed by atoms with Crippen molar-refractivity contribution >= 4 is 26.7 Å². The molecule has 0 aromatic heterocycles. The zero-order chi connectivity index (χ0) is 18.1. The third-order valence-electron chi connectivity index (χ3n) is 2.34. The number of carboxylic acids is 2. The van der Waals surface area contributed by atoms with E-state index in [0.29, 0.717) is 0 Å². The van der Waals surface area contributed by atoms with Crippen LogP contribution >= 0.6 is 14.7 Å². The largest absolute Gasteiger partial charge is 0.480 e. The van der Waals surface area contributed by atoms with E-state index in [1.54, 1.807) is 0 Å². The molecule has 0 aliphatic rings. The van der Waals surface area contributed by atoms with Gasteiger partial charge in [0.15, 0.2) is 14.7 Å². The molecule has 132 valence electrons. The lowest BCUT2D eigenvalue weighted by Crippen LogP contribution is -2.30. The molecule has 0 bridgehead atoms. The molecule has 0 saturated heterocycles. The molecule has 0 aliphatic heterocycles. The van der Waals surface area contributed by atoms with Crippen LogP contribution in [0.3, 0.4) is 0 Å². The van der Waals surface area contributed by atoms with Gasteiger partial charge in [-0.3, -0.25) is 18.7 Å². The number of carboxylic acid groups (broad SMARTS) is 2. The third kappa shape index (κ3) is 17.3. The molecule has 0 aromatic rings. The highest BCUT2D eigenvalue weighted by molar-refractivity contribution is 7.57. The summed E-state index contributed by atoms with van der Waals surface area (Å²) in [7, 11) is -6.21. The molecule has 0 aromatic carbocycles. The van der Waals surface area contributed by atoms with Crippen molar-refractivity contribution in [3.63, 3.8) is 0 Å². The SMILES string of the molecule is CP(=O)(O)CCC(N)C(=O)O.CP(=O)(O)CC[C@@H](N)C(=O)O. The molecule has 3 unspecified atom stereocenters. The van der Waals surface area contributed by atoms with E-state index in [2.05, 4.69) is 0 Å². The zero-order valence-corrected chi connectivity index (χ0v) is 14.2. The molecule has 0 radical (unpaired) electrons. The summed E-state index contributed by atoms with van der Waals surface area (Å²) in [6.45, 7) is 2.36. The number of carbonyl (C=O) groups is 2. The predicted octanol–water partition coefficient (Wildman–Crippen LogP) is -0.623. The molecular weight excluding hydrogens is 338 g/mol. The number of rotatable bonds is 8. The Balaban J connectivity index is 0. The van der Waals surface area contributed by atoms with Gasteiger partial charge in [0.05, 0.1) is 0 Å². The molecule has 8 N–H and O–H groups in total. The second-order valence-electron chi connectivity index (χ2n) is 5.02. The first-order valence-corrected chi connectivity index (χ1v) is 10.8. The van der Waals surface area contributed by atoms with E-state index in [-0.39, 0.29) is 25.2 Å². The van der Waals surface area contributed by atoms with E-state index in [9.17, 15) is 18.7 Å². The standard InChI is InChI=1S/2C5H12NO4P/c2*1-11(9,10)3-2-4(6)5(7)8/h2*4H,2-3,6H2,1H3,(H,7,8)(H,9,10)/t4-;/m1./s1. The van der Waals surface area contributed by atoms with E-state index in [1.807, 2.05) is 0 Å². The summed E-state index contributed by atoms with van der Waals surface area (Å²) < 4.78 is 21.3. The van der Waals surface area contributed by atoms with Crippen molar-refractivity contribution in [2.75, 3.05) is 25.7 Å². The van der Waals surface area contributed by atoms with Gasteiger partial charge in [0.25, 0.3) is 0 Å². The number of aliphatic carboxylic acids is 2. The maximum Gasteiger partial charge on any atom is 0.320 e. The van der Waals surface area contributed by atoms with Crippen LogP contribution in [0.1, 0.15) is 12.8 Å². The minimum absolute atomic E-state index is 0.0412. The molecule has 0 spiro atoms. The fourth-order valence-corrected chi connectivity index (χ4v) is 2.52. The molecular formula is C10H24N2O8P2. The zero-order valence-electron chi connectivity index (χ0n) is 12.5. The molecule has 12 heteroatoms. The molecule has 0 rings (SSSR count). The number of nitrogens with two attached hydrogens (primary N) is 2. The van der Waals surface area contributed by atoms with Crippen molar-refractivity contribution in [3.05, 3.63) is 0 Å². The van der Waals surface area contributed by atoms with Crippen molar-refractivity contribution in [2.45, 2.75) is 24.9 Å². The maximum absolute atomic E-state index is 10.6. The lowest BCUT2D eigenvalue weighted by atomic mass is 10.2. The van der Waals surface area contributed by atoms with Crippen LogP contribution in [0, 0.1) is 0 Å². The smallest absolute Gasteiger partial charge is 0.320 e. The molecule has 0 saturated carbocycles. The summed E-state index contributed by atoms with van der Waals surface area (Å²) in [4.78, 5) is 37.8. The Bertz CT molecular complexity index is 416. The summed E-state index contributed by atoms with van der Waals surface area (Å²) in [6.07, 6.45) is 0.000154. The first-order valence-electron chi connectivity index (χ1n) is 6.21. The van der Waals surface area contributed by atoms with Crippen molar-refractivity contribution in [1.29, 1.82) is 0 Å². The second kappa shape index (κ2) is 10.1. The van der Waals surface area contributed by atoms with Gasteiger partial charge in [0.1, 0.15) is 12.1 Å². The highest BCUT2D eigenvalue weighted by Crippen LogP contribution is 2.36. The lowest BCUT2D eigenvalue weighted by Gasteiger charge is -2.07. The summed E-state index contributed by atoms with van der Waals surface area (Å²) in [5.41, 5.74) is 10.2. The molecule has 0 amide bonds. The van der Waals surface area contributed by atoms with Gasteiger partial charge in [-0.1, -0.05) is 0 Å². The number of hydrogen-bond acceptors (Lipinski definition) is 6. The van der Waals surface area contributed by atoms with Crippen molar-refractivity contribution in [2.24, 2.45) is 11.5 Å². The van der Waals surface area contributed by atoms with Crippen LogP contribution in [0.15, 0.2) is 0 Å². The van der Waals surface area contributed by atoms with Crippen LogP contribution in [-0.2, 0) is 18.7 Å². The van der Waals surface area contributed by atoms with Crippen LogP contribution in [0.2, 0.25) is 0 Å². The molecule has 22 heavy (non-hydrogen) atoms. The Kier molecular flexibility index (Phi) is 10.8. The van der Waals surface area contributed by atoms with Gasteiger partial charge in [-0.2, -0.15) is 0 Å². The lowest BCUT2D eigenvalue weighted by molar-refractivity contribution is -0.139.